The lowest BCUT2D eigenvalue weighted by atomic mass is 10.2. The monoisotopic (exact) mass is 410 g/mol. The van der Waals surface area contributed by atoms with Crippen LogP contribution in [0.1, 0.15) is 39.3 Å². The number of benzene rings is 1. The molecule has 0 atom stereocenters. The van der Waals surface area contributed by atoms with E-state index in [1.54, 1.807) is 6.07 Å². The first-order valence-corrected chi connectivity index (χ1v) is 10.4. The highest BCUT2D eigenvalue weighted by Crippen LogP contribution is 2.17. The molecule has 1 aliphatic heterocycles. The number of ether oxygens (including phenoxy) is 1. The minimum Gasteiger partial charge on any atom is -0.464 e. The van der Waals surface area contributed by atoms with E-state index in [9.17, 15) is 9.59 Å². The number of carbonyl (C=O) groups is 2. The molecule has 1 fully saturated rings. The smallest absolute Gasteiger partial charge is 0.356 e. The number of unbranched alkanes of at least 4 members (excludes halogenated alkanes) is 1. The average molecular weight is 411 g/mol. The van der Waals surface area contributed by atoms with Gasteiger partial charge in [0, 0.05) is 44.6 Å². The third-order valence-corrected chi connectivity index (χ3v) is 5.35. The van der Waals surface area contributed by atoms with Crippen LogP contribution in [-0.4, -0.2) is 68.1 Å². The molecule has 30 heavy (non-hydrogen) atoms. The Kier molecular flexibility index (Phi) is 7.79. The van der Waals surface area contributed by atoms with Crippen LogP contribution in [0.15, 0.2) is 42.6 Å². The number of carbonyl (C=O) groups excluding carboxylic acids is 2. The zero-order valence-electron chi connectivity index (χ0n) is 17.8. The molecule has 1 saturated heterocycles. The van der Waals surface area contributed by atoms with Gasteiger partial charge >= 0.3 is 5.97 Å². The van der Waals surface area contributed by atoms with E-state index >= 15 is 0 Å². The summed E-state index contributed by atoms with van der Waals surface area (Å²) in [5.41, 5.74) is 3.24. The van der Waals surface area contributed by atoms with Gasteiger partial charge in [-0.2, -0.15) is 0 Å². The summed E-state index contributed by atoms with van der Waals surface area (Å²) in [4.78, 5) is 32.5. The molecule has 7 nitrogen and oxygen atoms in total. The number of nitrogens with one attached hydrogen (secondary N) is 1. The summed E-state index contributed by atoms with van der Waals surface area (Å²) in [6.07, 6.45) is 3.37. The molecule has 1 aliphatic rings. The van der Waals surface area contributed by atoms with Gasteiger partial charge in [-0.05, 0) is 56.1 Å². The zero-order chi connectivity index (χ0) is 21.3. The Morgan fingerprint density at radius 2 is 1.90 bits per heavy atom. The molecule has 1 aromatic carbocycles. The third-order valence-electron chi connectivity index (χ3n) is 5.35. The van der Waals surface area contributed by atoms with E-state index in [4.69, 9.17) is 0 Å². The van der Waals surface area contributed by atoms with E-state index in [0.29, 0.717) is 12.1 Å². The van der Waals surface area contributed by atoms with Crippen molar-refractivity contribution in [3.63, 3.8) is 0 Å². The maximum atomic E-state index is 12.2. The van der Waals surface area contributed by atoms with Crippen molar-refractivity contribution in [2.45, 2.75) is 19.8 Å². The Hall–Kier alpha value is -2.93. The molecule has 0 spiro atoms. The zero-order valence-corrected chi connectivity index (χ0v) is 17.8. The number of esters is 1. The molecule has 0 aliphatic carbocycles. The molecule has 160 valence electrons. The van der Waals surface area contributed by atoms with Crippen molar-refractivity contribution < 1.29 is 14.3 Å². The number of amides is 1. The first kappa shape index (κ1) is 21.8. The van der Waals surface area contributed by atoms with Crippen molar-refractivity contribution >= 4 is 17.6 Å². The van der Waals surface area contributed by atoms with Gasteiger partial charge in [0.1, 0.15) is 5.69 Å². The predicted molar refractivity (Wildman–Crippen MR) is 117 cm³/mol. The van der Waals surface area contributed by atoms with Crippen LogP contribution >= 0.6 is 0 Å². The number of anilines is 1. The van der Waals surface area contributed by atoms with Gasteiger partial charge in [-0.3, -0.25) is 9.69 Å². The van der Waals surface area contributed by atoms with Crippen LogP contribution in [-0.2, 0) is 4.74 Å². The molecule has 0 saturated carbocycles. The van der Waals surface area contributed by atoms with Crippen LogP contribution in [0, 0.1) is 6.92 Å². The van der Waals surface area contributed by atoms with Gasteiger partial charge < -0.3 is 15.0 Å². The molecule has 1 amide bonds. The third kappa shape index (κ3) is 6.03. The van der Waals surface area contributed by atoms with Crippen LogP contribution in [0.3, 0.4) is 0 Å². The van der Waals surface area contributed by atoms with Gasteiger partial charge in [-0.25, -0.2) is 9.78 Å². The number of aryl methyl sites for hydroxylation is 1. The summed E-state index contributed by atoms with van der Waals surface area (Å²) in [7, 11) is 1.30. The van der Waals surface area contributed by atoms with E-state index in [2.05, 4.69) is 56.0 Å². The van der Waals surface area contributed by atoms with Gasteiger partial charge in [-0.15, -0.1) is 0 Å². The Morgan fingerprint density at radius 1 is 1.10 bits per heavy atom. The maximum absolute atomic E-state index is 12.2. The van der Waals surface area contributed by atoms with Crippen molar-refractivity contribution in [3.05, 3.63) is 59.4 Å². The normalized spacial score (nSPS) is 14.4. The second-order valence-electron chi connectivity index (χ2n) is 7.55. The van der Waals surface area contributed by atoms with Gasteiger partial charge in [-0.1, -0.05) is 12.1 Å². The summed E-state index contributed by atoms with van der Waals surface area (Å²) in [6, 6.07) is 11.8. The van der Waals surface area contributed by atoms with Crippen molar-refractivity contribution in [3.8, 4) is 0 Å². The van der Waals surface area contributed by atoms with Gasteiger partial charge in [0.25, 0.3) is 5.91 Å². The summed E-state index contributed by atoms with van der Waals surface area (Å²) in [5, 5.41) is 2.91. The highest BCUT2D eigenvalue weighted by atomic mass is 16.5. The van der Waals surface area contributed by atoms with Crippen LogP contribution in [0.4, 0.5) is 5.69 Å². The summed E-state index contributed by atoms with van der Waals surface area (Å²) in [5.74, 6) is -0.688. The molecular weight excluding hydrogens is 380 g/mol. The van der Waals surface area contributed by atoms with E-state index in [0.717, 1.165) is 45.6 Å². The molecule has 0 unspecified atom stereocenters. The molecule has 3 rings (SSSR count). The number of hydrogen-bond donors (Lipinski definition) is 1. The molecule has 2 heterocycles. The number of aromatic nitrogens is 1. The Labute approximate surface area is 178 Å². The Bertz CT molecular complexity index is 846. The molecule has 0 radical (unpaired) electrons. The number of rotatable bonds is 8. The molecule has 7 heteroatoms. The Balaban J connectivity index is 1.31. The van der Waals surface area contributed by atoms with E-state index in [-0.39, 0.29) is 11.6 Å². The van der Waals surface area contributed by atoms with E-state index < -0.39 is 5.97 Å². The average Bonchev–Trinajstić information content (AvgIpc) is 2.78. The van der Waals surface area contributed by atoms with Crippen LogP contribution < -0.4 is 10.2 Å². The van der Waals surface area contributed by atoms with Gasteiger partial charge in [0.05, 0.1) is 12.7 Å². The lowest BCUT2D eigenvalue weighted by molar-refractivity contribution is 0.0593. The highest BCUT2D eigenvalue weighted by Gasteiger charge is 2.17. The van der Waals surface area contributed by atoms with Crippen molar-refractivity contribution in [1.82, 2.24) is 15.2 Å². The number of nitrogens with zero attached hydrogens (tertiary/aromatic N) is 3. The lowest BCUT2D eigenvalue weighted by Gasteiger charge is -2.36. The van der Waals surface area contributed by atoms with Crippen molar-refractivity contribution in [2.24, 2.45) is 0 Å². The van der Waals surface area contributed by atoms with E-state index in [1.807, 2.05) is 0 Å². The van der Waals surface area contributed by atoms with Gasteiger partial charge in [0.15, 0.2) is 0 Å². The first-order valence-electron chi connectivity index (χ1n) is 10.4. The summed E-state index contributed by atoms with van der Waals surface area (Å²) < 4.78 is 4.60. The maximum Gasteiger partial charge on any atom is 0.356 e. The quantitative estimate of drug-likeness (QED) is 0.532. The number of hydrogen-bond acceptors (Lipinski definition) is 6. The number of pyridine rings is 1. The number of methoxy groups -OCH3 is 1. The van der Waals surface area contributed by atoms with Crippen LogP contribution in [0.25, 0.3) is 0 Å². The van der Waals surface area contributed by atoms with E-state index in [1.165, 1.54) is 30.6 Å². The second kappa shape index (κ2) is 10.7. The lowest BCUT2D eigenvalue weighted by Crippen LogP contribution is -2.46. The fourth-order valence-corrected chi connectivity index (χ4v) is 3.57. The number of piperazine rings is 1. The molecule has 1 aromatic heterocycles. The minimum absolute atomic E-state index is 0.175. The fraction of sp³-hybridized carbons (Fsp3) is 0.435. The van der Waals surface area contributed by atoms with Crippen LogP contribution in [0.5, 0.6) is 0 Å². The Morgan fingerprint density at radius 3 is 2.57 bits per heavy atom. The molecule has 0 bridgehead atoms. The first-order chi connectivity index (χ1) is 14.6. The van der Waals surface area contributed by atoms with Crippen molar-refractivity contribution in [1.29, 1.82) is 0 Å². The minimum atomic E-state index is -0.512. The highest BCUT2D eigenvalue weighted by molar-refractivity contribution is 5.95. The molecular formula is C23H30N4O3. The van der Waals surface area contributed by atoms with Crippen molar-refractivity contribution in [2.75, 3.05) is 51.3 Å². The standard InChI is InChI=1S/C23H30N4O3/c1-18-6-5-7-20(16-18)27-14-12-26(13-15-27)11-4-3-10-24-22(28)19-8-9-21(25-17-19)23(29)30-2/h5-9,16-17H,3-4,10-15H2,1-2H3,(H,24,28). The summed E-state index contributed by atoms with van der Waals surface area (Å²) in [6.45, 7) is 8.04. The predicted octanol–water partition coefficient (Wildman–Crippen LogP) is 2.51. The molecule has 2 aromatic rings. The largest absolute Gasteiger partial charge is 0.464 e. The SMILES string of the molecule is COC(=O)c1ccc(C(=O)NCCCCN2CCN(c3cccc(C)c3)CC2)cn1. The fourth-order valence-electron chi connectivity index (χ4n) is 3.57. The molecule has 1 N–H and O–H groups in total. The summed E-state index contributed by atoms with van der Waals surface area (Å²) >= 11 is 0. The topological polar surface area (TPSA) is 74.8 Å². The second-order valence-corrected chi connectivity index (χ2v) is 7.55. The van der Waals surface area contributed by atoms with Crippen LogP contribution in [0.2, 0.25) is 0 Å². The van der Waals surface area contributed by atoms with Gasteiger partial charge in [0.2, 0.25) is 0 Å².